The molecule has 27 heavy (non-hydrogen) atoms. The van der Waals surface area contributed by atoms with Crippen molar-refractivity contribution in [2.45, 2.75) is 60.0 Å². The number of anilines is 1. The van der Waals surface area contributed by atoms with Crippen molar-refractivity contribution in [1.29, 1.82) is 0 Å². The highest BCUT2D eigenvalue weighted by Crippen LogP contribution is 2.30. The Hall–Kier alpha value is -1.83. The monoisotopic (exact) mass is 400 g/mol. The van der Waals surface area contributed by atoms with Crippen LogP contribution in [0.3, 0.4) is 0 Å². The zero-order chi connectivity index (χ0) is 20.4. The van der Waals surface area contributed by atoms with Crippen molar-refractivity contribution in [2.24, 2.45) is 5.92 Å². The van der Waals surface area contributed by atoms with E-state index in [1.54, 1.807) is 19.1 Å². The normalized spacial score (nSPS) is 12.1. The average molecular weight is 401 g/mol. The second-order valence-electron chi connectivity index (χ2n) is 6.38. The first-order chi connectivity index (χ1) is 12.8. The number of carbonyl (C=O) groups excluding carboxylic acids is 2. The molecule has 1 unspecified atom stereocenters. The van der Waals surface area contributed by atoms with Gasteiger partial charge in [0.25, 0.3) is 0 Å². The molecule has 0 aliphatic carbocycles. The largest absolute Gasteiger partial charge is 0.373 e. The smallest absolute Gasteiger partial charge is 0.331 e. The topological polar surface area (TPSA) is 68.3 Å². The molecule has 1 aromatic rings. The third-order valence-corrected chi connectivity index (χ3v) is 3.95. The van der Waals surface area contributed by atoms with E-state index in [2.05, 4.69) is 20.8 Å². The van der Waals surface area contributed by atoms with Gasteiger partial charge in [0.1, 0.15) is 0 Å². The van der Waals surface area contributed by atoms with Gasteiger partial charge >= 0.3 is 11.9 Å². The molecule has 0 aromatic heterocycles. The van der Waals surface area contributed by atoms with Crippen molar-refractivity contribution in [2.75, 3.05) is 11.1 Å². The fraction of sp³-hybridized carbons (Fsp3) is 0.579. The van der Waals surface area contributed by atoms with E-state index in [1.165, 1.54) is 6.92 Å². The molecular weight excluding hydrogens is 372 g/mol. The molecular formula is C19H29ClN2O5. The fourth-order valence-electron chi connectivity index (χ4n) is 2.29. The number of carbonyl (C=O) groups is 2. The van der Waals surface area contributed by atoms with Crippen molar-refractivity contribution in [3.8, 4) is 0 Å². The van der Waals surface area contributed by atoms with Crippen LogP contribution in [0.2, 0.25) is 0 Å². The van der Waals surface area contributed by atoms with Crippen LogP contribution in [0.25, 0.3) is 0 Å². The first-order valence-corrected chi connectivity index (χ1v) is 9.50. The maximum absolute atomic E-state index is 11.6. The molecule has 0 N–H and O–H groups in total. The number of nitrogens with zero attached hydrogens (tertiary/aromatic N) is 2. The molecule has 1 atom stereocenters. The summed E-state index contributed by atoms with van der Waals surface area (Å²) in [5, 5.41) is 0.567. The van der Waals surface area contributed by atoms with E-state index >= 15 is 0 Å². The minimum atomic E-state index is -0.677. The molecule has 8 heteroatoms. The molecule has 0 radical (unpaired) electrons. The molecule has 1 aromatic carbocycles. The quantitative estimate of drug-likeness (QED) is 0.302. The van der Waals surface area contributed by atoms with Gasteiger partial charge in [-0.05, 0) is 30.0 Å². The number of hydrazine groups is 1. The summed E-state index contributed by atoms with van der Waals surface area (Å²) in [7, 11) is 0. The molecule has 0 aliphatic rings. The predicted octanol–water partition coefficient (Wildman–Crippen LogP) is 4.72. The van der Waals surface area contributed by atoms with Gasteiger partial charge in [-0.25, -0.2) is 0 Å². The summed E-state index contributed by atoms with van der Waals surface area (Å²) in [6.45, 7) is 9.74. The lowest BCUT2D eigenvalue weighted by Crippen LogP contribution is -2.39. The second-order valence-corrected chi connectivity index (χ2v) is 6.70. The minimum absolute atomic E-state index is 0.100. The summed E-state index contributed by atoms with van der Waals surface area (Å²) in [4.78, 5) is 32.7. The molecule has 0 saturated carbocycles. The van der Waals surface area contributed by atoms with Crippen LogP contribution < -0.4 is 4.53 Å². The Morgan fingerprint density at radius 2 is 1.89 bits per heavy atom. The Morgan fingerprint density at radius 3 is 2.44 bits per heavy atom. The van der Waals surface area contributed by atoms with Crippen molar-refractivity contribution in [3.63, 3.8) is 0 Å². The molecule has 0 aliphatic heterocycles. The Labute approximate surface area is 166 Å². The number of unbranched alkanes of at least 4 members (excludes halogenated alkanes) is 1. The van der Waals surface area contributed by atoms with E-state index in [9.17, 15) is 9.59 Å². The van der Waals surface area contributed by atoms with E-state index in [4.69, 9.17) is 26.2 Å². The van der Waals surface area contributed by atoms with E-state index < -0.39 is 11.9 Å². The van der Waals surface area contributed by atoms with Crippen LogP contribution in [-0.4, -0.2) is 23.9 Å². The van der Waals surface area contributed by atoms with Crippen LogP contribution in [0.4, 0.5) is 5.69 Å². The number of ether oxygens (including phenoxy) is 1. The van der Waals surface area contributed by atoms with Gasteiger partial charge in [0.05, 0.1) is 11.8 Å². The minimum Gasteiger partial charge on any atom is -0.373 e. The van der Waals surface area contributed by atoms with Crippen molar-refractivity contribution in [1.82, 2.24) is 5.34 Å². The third-order valence-electron chi connectivity index (χ3n) is 3.63. The summed E-state index contributed by atoms with van der Waals surface area (Å²) in [5.41, 5.74) is 1.39. The van der Waals surface area contributed by atoms with E-state index in [-0.39, 0.29) is 18.4 Å². The first kappa shape index (κ1) is 23.2. The van der Waals surface area contributed by atoms with Crippen LogP contribution in [0.1, 0.15) is 65.5 Å². The third kappa shape index (κ3) is 7.74. The summed E-state index contributed by atoms with van der Waals surface area (Å²) in [5.74, 6) is -1.02. The molecule has 7 nitrogen and oxygen atoms in total. The van der Waals surface area contributed by atoms with E-state index in [0.29, 0.717) is 17.6 Å². The number of hydrogen-bond acceptors (Lipinski definition) is 7. The zero-order valence-electron chi connectivity index (χ0n) is 16.6. The lowest BCUT2D eigenvalue weighted by Gasteiger charge is -2.27. The van der Waals surface area contributed by atoms with Crippen molar-refractivity contribution >= 4 is 29.4 Å². The molecule has 0 spiro atoms. The Kier molecular flexibility index (Phi) is 10.1. The highest BCUT2D eigenvalue weighted by atomic mass is 35.5. The molecule has 0 heterocycles. The average Bonchev–Trinajstić information content (AvgIpc) is 2.63. The molecule has 1 rings (SSSR count). The van der Waals surface area contributed by atoms with Crippen molar-refractivity contribution in [3.05, 3.63) is 29.8 Å². The summed E-state index contributed by atoms with van der Waals surface area (Å²) in [6, 6.07) is 7.27. The molecule has 0 bridgehead atoms. The summed E-state index contributed by atoms with van der Waals surface area (Å²) >= 11 is 6.26. The molecule has 152 valence electrons. The Bertz CT molecular complexity index is 612. The van der Waals surface area contributed by atoms with E-state index in [0.717, 1.165) is 22.9 Å². The maximum atomic E-state index is 11.6. The predicted molar refractivity (Wildman–Crippen MR) is 103 cm³/mol. The van der Waals surface area contributed by atoms with Gasteiger partial charge in [-0.2, -0.15) is 0 Å². The zero-order valence-corrected chi connectivity index (χ0v) is 17.4. The Balaban J connectivity index is 3.04. The molecule has 0 fully saturated rings. The number of rotatable bonds is 11. The van der Waals surface area contributed by atoms with E-state index in [1.807, 2.05) is 12.1 Å². The highest BCUT2D eigenvalue weighted by Gasteiger charge is 2.24. The van der Waals surface area contributed by atoms with Crippen LogP contribution >= 0.6 is 11.8 Å². The van der Waals surface area contributed by atoms with Gasteiger partial charge in [-0.3, -0.25) is 9.59 Å². The number of halogens is 1. The molecule has 0 saturated heterocycles. The highest BCUT2D eigenvalue weighted by molar-refractivity contribution is 6.24. The lowest BCUT2D eigenvalue weighted by atomic mass is 9.98. The van der Waals surface area contributed by atoms with Gasteiger partial charge in [-0.1, -0.05) is 46.2 Å². The number of hydrogen-bond donors (Lipinski definition) is 0. The number of benzene rings is 1. The maximum Gasteiger partial charge on any atom is 0.331 e. The van der Waals surface area contributed by atoms with Gasteiger partial charge in [0.15, 0.2) is 5.34 Å². The van der Waals surface area contributed by atoms with Crippen molar-refractivity contribution < 1.29 is 24.0 Å². The second kappa shape index (κ2) is 11.8. The Morgan fingerprint density at radius 1 is 1.19 bits per heavy atom. The van der Waals surface area contributed by atoms with Gasteiger partial charge in [0, 0.05) is 31.7 Å². The van der Waals surface area contributed by atoms with Gasteiger partial charge in [0.2, 0.25) is 0 Å². The van der Waals surface area contributed by atoms with Gasteiger partial charge < -0.3 is 14.4 Å². The summed E-state index contributed by atoms with van der Waals surface area (Å²) in [6.07, 6.45) is 2.03. The van der Waals surface area contributed by atoms with Crippen LogP contribution in [0, 0.1) is 5.92 Å². The lowest BCUT2D eigenvalue weighted by molar-refractivity contribution is -0.321. The fourth-order valence-corrected chi connectivity index (χ4v) is 2.46. The van der Waals surface area contributed by atoms with Gasteiger partial charge in [-0.15, -0.1) is 4.53 Å². The first-order valence-electron chi connectivity index (χ1n) is 9.16. The molecule has 0 amide bonds. The van der Waals surface area contributed by atoms with Crippen LogP contribution in [0.5, 0.6) is 0 Å². The standard InChI is InChI=1S/C19H29ClN2O5/c1-6-8-12-25-19(14(3)4)16-10-9-11-17(13-16)21(20)22(26-15(5)23)27-18(24)7-2/h9-11,13-14,19H,6-8,12H2,1-5H3. The van der Waals surface area contributed by atoms with Crippen LogP contribution in [-0.2, 0) is 24.0 Å². The SMILES string of the molecule is CCCCOC(c1cccc(N(Cl)N(OC(C)=O)OC(=O)CC)c1)C(C)C. The van der Waals surface area contributed by atoms with Crippen LogP contribution in [0.15, 0.2) is 24.3 Å². The summed E-state index contributed by atoms with van der Waals surface area (Å²) < 4.78 is 6.96.